The highest BCUT2D eigenvalue weighted by Gasteiger charge is 2.14. The molecule has 1 aliphatic rings. The Hall–Kier alpha value is -0.570. The number of aliphatic hydroxyl groups is 1. The molecule has 1 atom stereocenters. The van der Waals surface area contributed by atoms with E-state index in [0.717, 1.165) is 6.92 Å². The van der Waals surface area contributed by atoms with Crippen molar-refractivity contribution in [2.24, 2.45) is 5.92 Å². The highest BCUT2D eigenvalue weighted by Crippen LogP contribution is 2.23. The van der Waals surface area contributed by atoms with Crippen LogP contribution in [-0.4, -0.2) is 22.3 Å². The van der Waals surface area contributed by atoms with E-state index in [1.165, 1.54) is 70.6 Å². The van der Waals surface area contributed by atoms with E-state index in [1.54, 1.807) is 0 Å². The van der Waals surface area contributed by atoms with Gasteiger partial charge < -0.3 is 10.2 Å². The number of aliphatic hydroxyl groups excluding tert-OH is 1. The van der Waals surface area contributed by atoms with Gasteiger partial charge in [-0.15, -0.1) is 0 Å². The highest BCUT2D eigenvalue weighted by atomic mass is 16.4. The molecule has 0 heterocycles. The van der Waals surface area contributed by atoms with E-state index in [-0.39, 0.29) is 6.10 Å². The lowest BCUT2D eigenvalue weighted by Crippen LogP contribution is -2.16. The van der Waals surface area contributed by atoms with Crippen LogP contribution in [0.5, 0.6) is 0 Å². The second kappa shape index (κ2) is 12.5. The summed E-state index contributed by atoms with van der Waals surface area (Å²) in [6.07, 6.45) is 14.9. The monoisotopic (exact) mass is 272 g/mol. The quantitative estimate of drug-likeness (QED) is 0.744. The Balaban J connectivity index is 0.000000711. The number of carbonyl (C=O) groups is 1. The van der Waals surface area contributed by atoms with Crippen LogP contribution in [0.1, 0.15) is 84.5 Å². The van der Waals surface area contributed by atoms with E-state index in [2.05, 4.69) is 0 Å². The Kier molecular flexibility index (Phi) is 12.1. The van der Waals surface area contributed by atoms with Crippen LogP contribution in [0, 0.1) is 5.92 Å². The van der Waals surface area contributed by atoms with Gasteiger partial charge in [-0.2, -0.15) is 0 Å². The summed E-state index contributed by atoms with van der Waals surface area (Å²) in [6.45, 7) is 3.05. The summed E-state index contributed by atoms with van der Waals surface area (Å²) in [5, 5.41) is 17.1. The molecule has 0 spiro atoms. The van der Waals surface area contributed by atoms with Crippen molar-refractivity contribution in [1.29, 1.82) is 0 Å². The predicted octanol–water partition coefficient (Wildman–Crippen LogP) is 4.38. The van der Waals surface area contributed by atoms with E-state index in [4.69, 9.17) is 9.90 Å². The summed E-state index contributed by atoms with van der Waals surface area (Å²) in [7, 11) is 0. The van der Waals surface area contributed by atoms with E-state index in [0.29, 0.717) is 5.92 Å². The van der Waals surface area contributed by atoms with Gasteiger partial charge >= 0.3 is 0 Å². The van der Waals surface area contributed by atoms with Crippen molar-refractivity contribution in [2.75, 3.05) is 0 Å². The Morgan fingerprint density at radius 3 is 1.42 bits per heavy atom. The first-order chi connectivity index (χ1) is 9.04. The van der Waals surface area contributed by atoms with Gasteiger partial charge in [0.05, 0.1) is 6.10 Å². The van der Waals surface area contributed by atoms with Crippen molar-refractivity contribution in [3.63, 3.8) is 0 Å². The SMILES string of the molecule is CC(=O)O.CC(O)C1CCCCCCCCCCC1. The van der Waals surface area contributed by atoms with Crippen LogP contribution in [0.3, 0.4) is 0 Å². The second-order valence-electron chi connectivity index (χ2n) is 5.78. The molecule has 3 nitrogen and oxygen atoms in total. The van der Waals surface area contributed by atoms with Gasteiger partial charge in [0.2, 0.25) is 0 Å². The lowest BCUT2D eigenvalue weighted by Gasteiger charge is -2.20. The molecule has 0 saturated heterocycles. The van der Waals surface area contributed by atoms with Crippen LogP contribution < -0.4 is 0 Å². The molecule has 1 saturated carbocycles. The molecule has 0 bridgehead atoms. The molecule has 0 amide bonds. The lowest BCUT2D eigenvalue weighted by molar-refractivity contribution is -0.134. The number of carboxylic acid groups (broad SMARTS) is 1. The van der Waals surface area contributed by atoms with Crippen molar-refractivity contribution >= 4 is 5.97 Å². The minimum atomic E-state index is -0.833. The Morgan fingerprint density at radius 1 is 0.895 bits per heavy atom. The molecular formula is C16H32O3. The van der Waals surface area contributed by atoms with Gasteiger partial charge in [0, 0.05) is 6.92 Å². The second-order valence-corrected chi connectivity index (χ2v) is 5.78. The zero-order valence-corrected chi connectivity index (χ0v) is 12.7. The first-order valence-corrected chi connectivity index (χ1v) is 7.91. The number of hydrogen-bond donors (Lipinski definition) is 2. The summed E-state index contributed by atoms with van der Waals surface area (Å²) in [4.78, 5) is 9.00. The lowest BCUT2D eigenvalue weighted by atomic mass is 9.89. The smallest absolute Gasteiger partial charge is 0.300 e. The molecule has 2 N–H and O–H groups in total. The predicted molar refractivity (Wildman–Crippen MR) is 79.3 cm³/mol. The van der Waals surface area contributed by atoms with Crippen molar-refractivity contribution in [3.8, 4) is 0 Å². The molecular weight excluding hydrogens is 240 g/mol. The first-order valence-electron chi connectivity index (χ1n) is 7.91. The molecule has 1 aliphatic carbocycles. The van der Waals surface area contributed by atoms with E-state index in [9.17, 15) is 5.11 Å². The highest BCUT2D eigenvalue weighted by molar-refractivity contribution is 5.62. The maximum absolute atomic E-state index is 9.68. The zero-order chi connectivity index (χ0) is 14.5. The van der Waals surface area contributed by atoms with Crippen LogP contribution in [0.25, 0.3) is 0 Å². The number of aliphatic carboxylic acids is 1. The summed E-state index contributed by atoms with van der Waals surface area (Å²) in [5.41, 5.74) is 0. The van der Waals surface area contributed by atoms with Crippen molar-refractivity contribution in [2.45, 2.75) is 90.6 Å². The summed E-state index contributed by atoms with van der Waals surface area (Å²) < 4.78 is 0. The number of rotatable bonds is 1. The minimum Gasteiger partial charge on any atom is -0.481 e. The summed E-state index contributed by atoms with van der Waals surface area (Å²) in [6, 6.07) is 0. The Labute approximate surface area is 118 Å². The maximum atomic E-state index is 9.68. The van der Waals surface area contributed by atoms with Crippen molar-refractivity contribution < 1.29 is 15.0 Å². The topological polar surface area (TPSA) is 57.5 Å². The molecule has 0 aromatic heterocycles. The molecule has 1 rings (SSSR count). The van der Waals surface area contributed by atoms with Gasteiger partial charge in [-0.3, -0.25) is 4.79 Å². The molecule has 1 fully saturated rings. The Bertz CT molecular complexity index is 198. The standard InChI is InChI=1S/C14H28O.C2H4O2/c1-13(15)14-11-9-7-5-3-2-4-6-8-10-12-14;1-2(3)4/h13-15H,2-12H2,1H3;1H3,(H,3,4). The van der Waals surface area contributed by atoms with Crippen molar-refractivity contribution in [3.05, 3.63) is 0 Å². The average Bonchev–Trinajstić information content (AvgIpc) is 2.28. The summed E-state index contributed by atoms with van der Waals surface area (Å²) in [5.74, 6) is -0.260. The molecule has 0 aromatic carbocycles. The van der Waals surface area contributed by atoms with Crippen LogP contribution >= 0.6 is 0 Å². The van der Waals surface area contributed by atoms with Gasteiger partial charge in [-0.25, -0.2) is 0 Å². The van der Waals surface area contributed by atoms with Gasteiger partial charge in [-0.05, 0) is 25.7 Å². The summed E-state index contributed by atoms with van der Waals surface area (Å²) >= 11 is 0. The third kappa shape index (κ3) is 13.7. The fourth-order valence-corrected chi connectivity index (χ4v) is 2.68. The third-order valence-electron chi connectivity index (χ3n) is 3.83. The maximum Gasteiger partial charge on any atom is 0.300 e. The van der Waals surface area contributed by atoms with Crippen LogP contribution in [0.4, 0.5) is 0 Å². The van der Waals surface area contributed by atoms with E-state index in [1.807, 2.05) is 6.92 Å². The van der Waals surface area contributed by atoms with Gasteiger partial charge in [0.25, 0.3) is 5.97 Å². The van der Waals surface area contributed by atoms with E-state index >= 15 is 0 Å². The Morgan fingerprint density at radius 2 is 1.16 bits per heavy atom. The molecule has 0 aromatic rings. The van der Waals surface area contributed by atoms with Crippen LogP contribution in [-0.2, 0) is 4.79 Å². The first kappa shape index (κ1) is 18.4. The van der Waals surface area contributed by atoms with E-state index < -0.39 is 5.97 Å². The normalized spacial score (nSPS) is 21.2. The largest absolute Gasteiger partial charge is 0.481 e. The molecule has 0 aliphatic heterocycles. The molecule has 19 heavy (non-hydrogen) atoms. The van der Waals surface area contributed by atoms with Crippen molar-refractivity contribution in [1.82, 2.24) is 0 Å². The van der Waals surface area contributed by atoms with Crippen LogP contribution in [0.15, 0.2) is 0 Å². The zero-order valence-electron chi connectivity index (χ0n) is 12.7. The molecule has 0 radical (unpaired) electrons. The minimum absolute atomic E-state index is 0.0899. The fraction of sp³-hybridized carbons (Fsp3) is 0.938. The average molecular weight is 272 g/mol. The molecule has 114 valence electrons. The molecule has 1 unspecified atom stereocenters. The van der Waals surface area contributed by atoms with Crippen LogP contribution in [0.2, 0.25) is 0 Å². The van der Waals surface area contributed by atoms with Gasteiger partial charge in [0.15, 0.2) is 0 Å². The fourth-order valence-electron chi connectivity index (χ4n) is 2.68. The number of hydrogen-bond acceptors (Lipinski definition) is 2. The number of carboxylic acids is 1. The van der Waals surface area contributed by atoms with Gasteiger partial charge in [0.1, 0.15) is 0 Å². The third-order valence-corrected chi connectivity index (χ3v) is 3.83. The molecule has 3 heteroatoms. The van der Waals surface area contributed by atoms with Gasteiger partial charge in [-0.1, -0.05) is 57.8 Å².